The molecule has 0 atom stereocenters. The molecule has 72 valence electrons. The quantitative estimate of drug-likeness (QED) is 0.811. The van der Waals surface area contributed by atoms with Crippen molar-refractivity contribution in [1.29, 1.82) is 0 Å². The van der Waals surface area contributed by atoms with Gasteiger partial charge in [0, 0.05) is 17.8 Å². The van der Waals surface area contributed by atoms with Crippen molar-refractivity contribution < 1.29 is 9.84 Å². The Labute approximate surface area is 82.3 Å². The van der Waals surface area contributed by atoms with Crippen molar-refractivity contribution in [3.05, 3.63) is 22.8 Å². The zero-order chi connectivity index (χ0) is 9.68. The van der Waals surface area contributed by atoms with Gasteiger partial charge in [0.05, 0.1) is 18.2 Å². The number of rotatable bonds is 4. The van der Waals surface area contributed by atoms with E-state index in [-0.39, 0.29) is 6.61 Å². The number of aliphatic hydroxyl groups is 1. The van der Waals surface area contributed by atoms with Gasteiger partial charge in [-0.1, -0.05) is 18.5 Å². The third kappa shape index (κ3) is 2.86. The Morgan fingerprint density at radius 2 is 2.38 bits per heavy atom. The molecule has 0 aliphatic rings. The zero-order valence-electron chi connectivity index (χ0n) is 7.46. The van der Waals surface area contributed by atoms with Crippen molar-refractivity contribution in [1.82, 2.24) is 4.98 Å². The van der Waals surface area contributed by atoms with Crippen molar-refractivity contribution in [2.75, 3.05) is 6.61 Å². The van der Waals surface area contributed by atoms with E-state index in [1.165, 1.54) is 6.20 Å². The minimum Gasteiger partial charge on any atom is -0.478 e. The highest BCUT2D eigenvalue weighted by Gasteiger charge is 2.02. The molecule has 1 aromatic rings. The van der Waals surface area contributed by atoms with Gasteiger partial charge in [0.15, 0.2) is 0 Å². The van der Waals surface area contributed by atoms with Gasteiger partial charge in [0.1, 0.15) is 0 Å². The van der Waals surface area contributed by atoms with Crippen LogP contribution in [0.4, 0.5) is 0 Å². The maximum Gasteiger partial charge on any atom is 0.213 e. The van der Waals surface area contributed by atoms with Gasteiger partial charge in [-0.3, -0.25) is 0 Å². The predicted octanol–water partition coefficient (Wildman–Crippen LogP) is 2.02. The summed E-state index contributed by atoms with van der Waals surface area (Å²) in [6.45, 7) is 2.55. The van der Waals surface area contributed by atoms with Crippen LogP contribution in [-0.4, -0.2) is 16.7 Å². The molecule has 13 heavy (non-hydrogen) atoms. The van der Waals surface area contributed by atoms with Crippen LogP contribution in [0.25, 0.3) is 0 Å². The molecular weight excluding hydrogens is 190 g/mol. The van der Waals surface area contributed by atoms with E-state index in [4.69, 9.17) is 21.4 Å². The van der Waals surface area contributed by atoms with Crippen molar-refractivity contribution in [2.24, 2.45) is 0 Å². The average molecular weight is 202 g/mol. The number of nitrogens with zero attached hydrogens (tertiary/aromatic N) is 1. The van der Waals surface area contributed by atoms with E-state index >= 15 is 0 Å². The molecule has 0 unspecified atom stereocenters. The third-order valence-corrected chi connectivity index (χ3v) is 1.87. The van der Waals surface area contributed by atoms with E-state index in [1.807, 2.05) is 6.92 Å². The second-order valence-electron chi connectivity index (χ2n) is 2.62. The summed E-state index contributed by atoms with van der Waals surface area (Å²) in [4.78, 5) is 3.96. The summed E-state index contributed by atoms with van der Waals surface area (Å²) < 4.78 is 5.27. The molecule has 0 saturated heterocycles. The Kier molecular flexibility index (Phi) is 3.99. The lowest BCUT2D eigenvalue weighted by Crippen LogP contribution is -1.98. The number of ether oxygens (including phenoxy) is 1. The Morgan fingerprint density at radius 3 is 3.00 bits per heavy atom. The van der Waals surface area contributed by atoms with Gasteiger partial charge in [0.2, 0.25) is 5.88 Å². The number of aliphatic hydroxyl groups excluding tert-OH is 1. The van der Waals surface area contributed by atoms with Crippen LogP contribution in [0, 0.1) is 0 Å². The fourth-order valence-electron chi connectivity index (χ4n) is 0.865. The number of aromatic nitrogens is 1. The summed E-state index contributed by atoms with van der Waals surface area (Å²) in [5.41, 5.74) is 0.641. The lowest BCUT2D eigenvalue weighted by atomic mass is 10.3. The monoisotopic (exact) mass is 201 g/mol. The van der Waals surface area contributed by atoms with E-state index < -0.39 is 0 Å². The normalized spacial score (nSPS) is 10.1. The lowest BCUT2D eigenvalue weighted by molar-refractivity contribution is 0.277. The second kappa shape index (κ2) is 5.04. The molecule has 0 aromatic carbocycles. The maximum atomic E-state index is 8.90. The summed E-state index contributed by atoms with van der Waals surface area (Å²) in [6.07, 6.45) is 2.41. The minimum atomic E-state index is -0.0934. The number of pyridine rings is 1. The first-order chi connectivity index (χ1) is 6.27. The van der Waals surface area contributed by atoms with Crippen LogP contribution in [0.5, 0.6) is 5.88 Å². The summed E-state index contributed by atoms with van der Waals surface area (Å²) in [7, 11) is 0. The molecule has 0 bridgehead atoms. The number of halogens is 1. The molecule has 1 N–H and O–H groups in total. The van der Waals surface area contributed by atoms with Gasteiger partial charge in [-0.2, -0.15) is 0 Å². The van der Waals surface area contributed by atoms with Gasteiger partial charge in [-0.05, 0) is 6.42 Å². The molecular formula is C9H12ClNO2. The van der Waals surface area contributed by atoms with E-state index in [0.29, 0.717) is 23.1 Å². The Balaban J connectivity index is 2.74. The highest BCUT2D eigenvalue weighted by Crippen LogP contribution is 2.19. The molecule has 1 rings (SSSR count). The second-order valence-corrected chi connectivity index (χ2v) is 3.03. The molecule has 1 aromatic heterocycles. The molecule has 0 fully saturated rings. The van der Waals surface area contributed by atoms with Gasteiger partial charge in [-0.25, -0.2) is 4.98 Å². The molecule has 0 aliphatic heterocycles. The Bertz CT molecular complexity index is 278. The molecule has 0 saturated carbocycles. The van der Waals surface area contributed by atoms with E-state index in [2.05, 4.69) is 4.98 Å². The largest absolute Gasteiger partial charge is 0.478 e. The topological polar surface area (TPSA) is 42.4 Å². The highest BCUT2D eigenvalue weighted by atomic mass is 35.5. The minimum absolute atomic E-state index is 0.0934. The van der Waals surface area contributed by atoms with Crippen LogP contribution in [0.2, 0.25) is 5.02 Å². The van der Waals surface area contributed by atoms with E-state index in [9.17, 15) is 0 Å². The van der Waals surface area contributed by atoms with Crippen LogP contribution in [0.3, 0.4) is 0 Å². The van der Waals surface area contributed by atoms with Crippen molar-refractivity contribution in [2.45, 2.75) is 20.0 Å². The predicted molar refractivity (Wildman–Crippen MR) is 51.0 cm³/mol. The van der Waals surface area contributed by atoms with Gasteiger partial charge >= 0.3 is 0 Å². The summed E-state index contributed by atoms with van der Waals surface area (Å²) in [5.74, 6) is 0.510. The van der Waals surface area contributed by atoms with Crippen LogP contribution < -0.4 is 4.74 Å². The molecule has 4 heteroatoms. The smallest absolute Gasteiger partial charge is 0.213 e. The van der Waals surface area contributed by atoms with Gasteiger partial charge in [-0.15, -0.1) is 0 Å². The van der Waals surface area contributed by atoms with Crippen molar-refractivity contribution >= 4 is 11.6 Å². The SMILES string of the molecule is CCCOc1cc(CO)c(Cl)cn1. The fourth-order valence-corrected chi connectivity index (χ4v) is 1.03. The van der Waals surface area contributed by atoms with E-state index in [1.54, 1.807) is 6.07 Å². The van der Waals surface area contributed by atoms with Crippen molar-refractivity contribution in [3.63, 3.8) is 0 Å². The Hall–Kier alpha value is -0.800. The lowest BCUT2D eigenvalue weighted by Gasteiger charge is -2.05. The standard InChI is InChI=1S/C9H12ClNO2/c1-2-3-13-9-4-7(6-12)8(10)5-11-9/h4-5,12H,2-3,6H2,1H3. The number of hydrogen-bond acceptors (Lipinski definition) is 3. The number of hydrogen-bond donors (Lipinski definition) is 1. The highest BCUT2D eigenvalue weighted by molar-refractivity contribution is 6.31. The first kappa shape index (κ1) is 10.3. The molecule has 0 aliphatic carbocycles. The zero-order valence-corrected chi connectivity index (χ0v) is 8.21. The summed E-state index contributed by atoms with van der Waals surface area (Å²) in [6, 6.07) is 1.65. The average Bonchev–Trinajstić information content (AvgIpc) is 2.16. The molecule has 0 radical (unpaired) electrons. The van der Waals surface area contributed by atoms with E-state index in [0.717, 1.165) is 6.42 Å². The molecule has 0 spiro atoms. The van der Waals surface area contributed by atoms with Crippen LogP contribution >= 0.6 is 11.6 Å². The first-order valence-electron chi connectivity index (χ1n) is 4.16. The summed E-state index contributed by atoms with van der Waals surface area (Å²) in [5, 5.41) is 9.36. The summed E-state index contributed by atoms with van der Waals surface area (Å²) >= 11 is 5.75. The van der Waals surface area contributed by atoms with Gasteiger partial charge in [0.25, 0.3) is 0 Å². The maximum absolute atomic E-state index is 8.90. The van der Waals surface area contributed by atoms with Crippen molar-refractivity contribution in [3.8, 4) is 5.88 Å². The molecule has 1 heterocycles. The third-order valence-electron chi connectivity index (χ3n) is 1.53. The van der Waals surface area contributed by atoms with Crippen LogP contribution in [0.15, 0.2) is 12.3 Å². The fraction of sp³-hybridized carbons (Fsp3) is 0.444. The van der Waals surface area contributed by atoms with Crippen LogP contribution in [-0.2, 0) is 6.61 Å². The first-order valence-corrected chi connectivity index (χ1v) is 4.53. The van der Waals surface area contributed by atoms with Gasteiger partial charge < -0.3 is 9.84 Å². The molecule has 3 nitrogen and oxygen atoms in total. The Morgan fingerprint density at radius 1 is 1.62 bits per heavy atom. The molecule has 0 amide bonds. The van der Waals surface area contributed by atoms with Crippen LogP contribution in [0.1, 0.15) is 18.9 Å².